The molecule has 0 aromatic heterocycles. The first-order chi connectivity index (χ1) is 9.83. The Bertz CT molecular complexity index is 644. The fourth-order valence-electron chi connectivity index (χ4n) is 1.88. The van der Waals surface area contributed by atoms with Gasteiger partial charge in [-0.25, -0.2) is 4.79 Å². The smallest absolute Gasteiger partial charge is 0.412 e. The molecule has 0 saturated heterocycles. The monoisotopic (exact) mass is 285 g/mol. The van der Waals surface area contributed by atoms with E-state index < -0.39 is 11.7 Å². The third-order valence-electron chi connectivity index (χ3n) is 2.69. The summed E-state index contributed by atoms with van der Waals surface area (Å²) < 4.78 is 5.22. The summed E-state index contributed by atoms with van der Waals surface area (Å²) in [6, 6.07) is 14.3. The molecular formula is C17H19NO3. The molecule has 0 aliphatic carbocycles. The second-order valence-electron chi connectivity index (χ2n) is 5.76. The van der Waals surface area contributed by atoms with Crippen LogP contribution in [0.3, 0.4) is 0 Å². The van der Waals surface area contributed by atoms with E-state index in [9.17, 15) is 9.90 Å². The molecule has 0 aliphatic heterocycles. The van der Waals surface area contributed by atoms with Crippen molar-refractivity contribution in [2.75, 3.05) is 5.32 Å². The lowest BCUT2D eigenvalue weighted by Crippen LogP contribution is -2.27. The van der Waals surface area contributed by atoms with E-state index in [2.05, 4.69) is 5.32 Å². The number of ether oxygens (including phenoxy) is 1. The molecular weight excluding hydrogens is 266 g/mol. The van der Waals surface area contributed by atoms with Crippen molar-refractivity contribution in [2.45, 2.75) is 26.4 Å². The van der Waals surface area contributed by atoms with Crippen molar-refractivity contribution in [1.82, 2.24) is 0 Å². The molecule has 0 fully saturated rings. The highest BCUT2D eigenvalue weighted by atomic mass is 16.6. The van der Waals surface area contributed by atoms with E-state index in [1.165, 1.54) is 0 Å². The van der Waals surface area contributed by atoms with Crippen LogP contribution in [-0.4, -0.2) is 16.8 Å². The highest BCUT2D eigenvalue weighted by Gasteiger charge is 2.16. The summed E-state index contributed by atoms with van der Waals surface area (Å²) >= 11 is 0. The minimum absolute atomic E-state index is 0.206. The van der Waals surface area contributed by atoms with E-state index in [4.69, 9.17) is 4.74 Å². The summed E-state index contributed by atoms with van der Waals surface area (Å²) in [7, 11) is 0. The number of phenols is 1. The Morgan fingerprint density at radius 1 is 1.05 bits per heavy atom. The first kappa shape index (κ1) is 14.9. The fourth-order valence-corrected chi connectivity index (χ4v) is 1.88. The maximum Gasteiger partial charge on any atom is 0.412 e. The molecule has 0 bridgehead atoms. The van der Waals surface area contributed by atoms with Crippen LogP contribution < -0.4 is 5.32 Å². The van der Waals surface area contributed by atoms with Crippen molar-refractivity contribution in [3.05, 3.63) is 48.5 Å². The van der Waals surface area contributed by atoms with E-state index in [1.54, 1.807) is 24.3 Å². The molecule has 110 valence electrons. The lowest BCUT2D eigenvalue weighted by molar-refractivity contribution is 0.0636. The second-order valence-corrected chi connectivity index (χ2v) is 5.76. The van der Waals surface area contributed by atoms with Gasteiger partial charge in [-0.1, -0.05) is 24.3 Å². The summed E-state index contributed by atoms with van der Waals surface area (Å²) in [5.74, 6) is 0.206. The standard InChI is InChI=1S/C17H19NO3/c1-17(2,3)21-16(20)18-14-8-4-6-12(10-14)13-7-5-9-15(19)11-13/h4-11,19H,1-3H3,(H,18,20). The normalized spacial score (nSPS) is 11.0. The summed E-state index contributed by atoms with van der Waals surface area (Å²) in [5.41, 5.74) is 1.89. The van der Waals surface area contributed by atoms with Crippen molar-refractivity contribution in [3.8, 4) is 16.9 Å². The highest BCUT2D eigenvalue weighted by molar-refractivity contribution is 5.86. The number of aromatic hydroxyl groups is 1. The molecule has 0 atom stereocenters. The van der Waals surface area contributed by atoms with Gasteiger partial charge >= 0.3 is 6.09 Å². The lowest BCUT2D eigenvalue weighted by atomic mass is 10.0. The van der Waals surface area contributed by atoms with Crippen LogP contribution in [0, 0.1) is 0 Å². The van der Waals surface area contributed by atoms with Gasteiger partial charge in [-0.15, -0.1) is 0 Å². The van der Waals surface area contributed by atoms with E-state index in [-0.39, 0.29) is 5.75 Å². The molecule has 4 nitrogen and oxygen atoms in total. The van der Waals surface area contributed by atoms with E-state index >= 15 is 0 Å². The molecule has 4 heteroatoms. The average molecular weight is 285 g/mol. The number of carbonyl (C=O) groups excluding carboxylic acids is 1. The number of carbonyl (C=O) groups is 1. The Kier molecular flexibility index (Phi) is 4.17. The van der Waals surface area contributed by atoms with E-state index in [0.717, 1.165) is 11.1 Å². The molecule has 0 spiro atoms. The van der Waals surface area contributed by atoms with Crippen molar-refractivity contribution >= 4 is 11.8 Å². The van der Waals surface area contributed by atoms with Gasteiger partial charge in [-0.3, -0.25) is 5.32 Å². The summed E-state index contributed by atoms with van der Waals surface area (Å²) in [5, 5.41) is 12.2. The van der Waals surface area contributed by atoms with Crippen molar-refractivity contribution in [2.24, 2.45) is 0 Å². The number of hydrogen-bond donors (Lipinski definition) is 2. The van der Waals surface area contributed by atoms with Crippen LogP contribution in [0.15, 0.2) is 48.5 Å². The first-order valence-corrected chi connectivity index (χ1v) is 6.73. The van der Waals surface area contributed by atoms with Gasteiger partial charge in [-0.05, 0) is 56.2 Å². The number of amides is 1. The Morgan fingerprint density at radius 3 is 2.29 bits per heavy atom. The zero-order valence-corrected chi connectivity index (χ0v) is 12.4. The predicted molar refractivity (Wildman–Crippen MR) is 83.4 cm³/mol. The number of phenolic OH excluding ortho intramolecular Hbond substituents is 1. The largest absolute Gasteiger partial charge is 0.508 e. The molecule has 0 radical (unpaired) electrons. The van der Waals surface area contributed by atoms with Crippen LogP contribution in [0.2, 0.25) is 0 Å². The number of nitrogens with one attached hydrogen (secondary N) is 1. The van der Waals surface area contributed by atoms with Crippen LogP contribution in [0.1, 0.15) is 20.8 Å². The maximum atomic E-state index is 11.8. The predicted octanol–water partition coefficient (Wildman–Crippen LogP) is 4.41. The minimum atomic E-state index is -0.535. The summed E-state index contributed by atoms with van der Waals surface area (Å²) in [6.07, 6.45) is -0.490. The highest BCUT2D eigenvalue weighted by Crippen LogP contribution is 2.25. The molecule has 0 saturated carbocycles. The summed E-state index contributed by atoms with van der Waals surface area (Å²) in [4.78, 5) is 11.8. The number of rotatable bonds is 2. The Balaban J connectivity index is 2.17. The zero-order chi connectivity index (χ0) is 15.5. The number of hydrogen-bond acceptors (Lipinski definition) is 3. The molecule has 2 aromatic carbocycles. The molecule has 2 N–H and O–H groups in total. The van der Waals surface area contributed by atoms with E-state index in [1.807, 2.05) is 45.0 Å². The van der Waals surface area contributed by atoms with Gasteiger partial charge in [0, 0.05) is 5.69 Å². The molecule has 0 heterocycles. The second kappa shape index (κ2) is 5.87. The molecule has 0 unspecified atom stereocenters. The van der Waals surface area contributed by atoms with Crippen LogP contribution in [0.5, 0.6) is 5.75 Å². The zero-order valence-electron chi connectivity index (χ0n) is 12.4. The molecule has 2 aromatic rings. The van der Waals surface area contributed by atoms with Crippen LogP contribution in [-0.2, 0) is 4.74 Å². The molecule has 0 aliphatic rings. The van der Waals surface area contributed by atoms with Crippen molar-refractivity contribution in [1.29, 1.82) is 0 Å². The minimum Gasteiger partial charge on any atom is -0.508 e. The van der Waals surface area contributed by atoms with Gasteiger partial charge in [0.05, 0.1) is 0 Å². The quantitative estimate of drug-likeness (QED) is 0.859. The van der Waals surface area contributed by atoms with Gasteiger partial charge in [0.1, 0.15) is 11.4 Å². The SMILES string of the molecule is CC(C)(C)OC(=O)Nc1cccc(-c2cccc(O)c2)c1. The van der Waals surface area contributed by atoms with Crippen LogP contribution in [0.4, 0.5) is 10.5 Å². The first-order valence-electron chi connectivity index (χ1n) is 6.73. The van der Waals surface area contributed by atoms with Gasteiger partial charge in [-0.2, -0.15) is 0 Å². The Labute approximate surface area is 124 Å². The molecule has 21 heavy (non-hydrogen) atoms. The van der Waals surface area contributed by atoms with Gasteiger partial charge in [0.2, 0.25) is 0 Å². The Hall–Kier alpha value is -2.49. The number of benzene rings is 2. The summed E-state index contributed by atoms with van der Waals surface area (Å²) in [6.45, 7) is 5.45. The van der Waals surface area contributed by atoms with Gasteiger partial charge < -0.3 is 9.84 Å². The fraction of sp³-hybridized carbons (Fsp3) is 0.235. The third-order valence-corrected chi connectivity index (χ3v) is 2.69. The van der Waals surface area contributed by atoms with Crippen molar-refractivity contribution in [3.63, 3.8) is 0 Å². The topological polar surface area (TPSA) is 58.6 Å². The maximum absolute atomic E-state index is 11.8. The average Bonchev–Trinajstić information content (AvgIpc) is 2.36. The van der Waals surface area contributed by atoms with E-state index in [0.29, 0.717) is 5.69 Å². The van der Waals surface area contributed by atoms with Gasteiger partial charge in [0.15, 0.2) is 0 Å². The lowest BCUT2D eigenvalue weighted by Gasteiger charge is -2.19. The van der Waals surface area contributed by atoms with Crippen LogP contribution >= 0.6 is 0 Å². The Morgan fingerprint density at radius 2 is 1.67 bits per heavy atom. The van der Waals surface area contributed by atoms with Gasteiger partial charge in [0.25, 0.3) is 0 Å². The molecule has 1 amide bonds. The van der Waals surface area contributed by atoms with Crippen LogP contribution in [0.25, 0.3) is 11.1 Å². The third kappa shape index (κ3) is 4.53. The number of anilines is 1. The molecule has 2 rings (SSSR count). The van der Waals surface area contributed by atoms with Crippen molar-refractivity contribution < 1.29 is 14.6 Å².